The maximum Gasteiger partial charge on any atom is 0.0215 e. The average Bonchev–Trinajstić information content (AvgIpc) is 2.13. The van der Waals surface area contributed by atoms with Crippen molar-refractivity contribution < 1.29 is 0 Å². The molecule has 2 atom stereocenters. The lowest BCUT2D eigenvalue weighted by molar-refractivity contribution is 0.358. The molecule has 0 bridgehead atoms. The summed E-state index contributed by atoms with van der Waals surface area (Å²) in [5.41, 5.74) is 5.72. The van der Waals surface area contributed by atoms with Crippen LogP contribution in [0.1, 0.15) is 46.5 Å². The summed E-state index contributed by atoms with van der Waals surface area (Å²) in [5, 5.41) is 3.53. The first-order chi connectivity index (χ1) is 6.26. The van der Waals surface area contributed by atoms with Crippen molar-refractivity contribution in [2.45, 2.75) is 52.5 Å². The molecule has 0 aromatic carbocycles. The van der Waals surface area contributed by atoms with Crippen LogP contribution in [0.3, 0.4) is 0 Å². The molecule has 2 nitrogen and oxygen atoms in total. The van der Waals surface area contributed by atoms with Gasteiger partial charge in [-0.3, -0.25) is 0 Å². The molecule has 0 aliphatic heterocycles. The number of unbranched alkanes of at least 4 members (excludes halogenated alkanes) is 1. The van der Waals surface area contributed by atoms with Crippen molar-refractivity contribution in [2.24, 2.45) is 11.7 Å². The van der Waals surface area contributed by atoms with E-state index < -0.39 is 0 Å². The Balaban J connectivity index is 3.60. The van der Waals surface area contributed by atoms with Crippen LogP contribution in [0.2, 0.25) is 0 Å². The van der Waals surface area contributed by atoms with Crippen molar-refractivity contribution in [3.63, 3.8) is 0 Å². The Morgan fingerprint density at radius 1 is 1.23 bits per heavy atom. The van der Waals surface area contributed by atoms with Gasteiger partial charge in [-0.25, -0.2) is 0 Å². The predicted octanol–water partition coefficient (Wildman–Crippen LogP) is 2.14. The smallest absolute Gasteiger partial charge is 0.0215 e. The SMILES string of the molecule is CCCCNC(CN)C(C)CCC. The average molecular weight is 186 g/mol. The van der Waals surface area contributed by atoms with Crippen LogP contribution in [0.15, 0.2) is 0 Å². The summed E-state index contributed by atoms with van der Waals surface area (Å²) in [6.45, 7) is 8.63. The largest absolute Gasteiger partial charge is 0.329 e. The standard InChI is InChI=1S/C11H26N2/c1-4-6-8-13-11(9-12)10(3)7-5-2/h10-11,13H,4-9,12H2,1-3H3. The maximum atomic E-state index is 5.72. The summed E-state index contributed by atoms with van der Waals surface area (Å²) < 4.78 is 0. The molecule has 0 amide bonds. The van der Waals surface area contributed by atoms with E-state index in [2.05, 4.69) is 26.1 Å². The van der Waals surface area contributed by atoms with E-state index in [0.717, 1.165) is 13.1 Å². The predicted molar refractivity (Wildman–Crippen MR) is 59.8 cm³/mol. The van der Waals surface area contributed by atoms with Crippen molar-refractivity contribution in [1.29, 1.82) is 0 Å². The Morgan fingerprint density at radius 3 is 2.38 bits per heavy atom. The number of hydrogen-bond donors (Lipinski definition) is 2. The Bertz CT molecular complexity index is 104. The van der Waals surface area contributed by atoms with Gasteiger partial charge in [0.25, 0.3) is 0 Å². The van der Waals surface area contributed by atoms with Crippen LogP contribution in [0.4, 0.5) is 0 Å². The first kappa shape index (κ1) is 12.9. The second-order valence-electron chi connectivity index (χ2n) is 3.92. The number of nitrogens with one attached hydrogen (secondary N) is 1. The van der Waals surface area contributed by atoms with E-state index in [1.54, 1.807) is 0 Å². The molecule has 0 rings (SSSR count). The van der Waals surface area contributed by atoms with Crippen LogP contribution >= 0.6 is 0 Å². The molecule has 0 saturated heterocycles. The van der Waals surface area contributed by atoms with Gasteiger partial charge in [0.05, 0.1) is 0 Å². The van der Waals surface area contributed by atoms with Crippen LogP contribution in [0.25, 0.3) is 0 Å². The molecule has 0 aliphatic rings. The fraction of sp³-hybridized carbons (Fsp3) is 1.00. The Kier molecular flexibility index (Phi) is 8.46. The van der Waals surface area contributed by atoms with Gasteiger partial charge in [-0.1, -0.05) is 33.6 Å². The van der Waals surface area contributed by atoms with E-state index in [4.69, 9.17) is 5.73 Å². The summed E-state index contributed by atoms with van der Waals surface area (Å²) in [7, 11) is 0. The monoisotopic (exact) mass is 186 g/mol. The van der Waals surface area contributed by atoms with Crippen molar-refractivity contribution in [3.8, 4) is 0 Å². The van der Waals surface area contributed by atoms with Gasteiger partial charge in [0.1, 0.15) is 0 Å². The minimum Gasteiger partial charge on any atom is -0.329 e. The molecule has 0 aromatic heterocycles. The first-order valence-corrected chi connectivity index (χ1v) is 5.69. The topological polar surface area (TPSA) is 38.0 Å². The molecule has 2 heteroatoms. The lowest BCUT2D eigenvalue weighted by Gasteiger charge is -2.23. The highest BCUT2D eigenvalue weighted by molar-refractivity contribution is 4.73. The van der Waals surface area contributed by atoms with Crippen molar-refractivity contribution in [3.05, 3.63) is 0 Å². The van der Waals surface area contributed by atoms with E-state index in [9.17, 15) is 0 Å². The van der Waals surface area contributed by atoms with Gasteiger partial charge in [-0.15, -0.1) is 0 Å². The molecule has 2 unspecified atom stereocenters. The second kappa shape index (κ2) is 8.52. The lowest BCUT2D eigenvalue weighted by atomic mass is 9.97. The van der Waals surface area contributed by atoms with Gasteiger partial charge < -0.3 is 11.1 Å². The molecule has 0 saturated carbocycles. The van der Waals surface area contributed by atoms with E-state index in [1.807, 2.05) is 0 Å². The van der Waals surface area contributed by atoms with Crippen LogP contribution in [0.5, 0.6) is 0 Å². The molecule has 80 valence electrons. The Labute approximate surface area is 83.3 Å². The second-order valence-corrected chi connectivity index (χ2v) is 3.92. The van der Waals surface area contributed by atoms with Crippen molar-refractivity contribution >= 4 is 0 Å². The zero-order valence-electron chi connectivity index (χ0n) is 9.47. The molecule has 3 N–H and O–H groups in total. The Morgan fingerprint density at radius 2 is 1.92 bits per heavy atom. The summed E-state index contributed by atoms with van der Waals surface area (Å²) in [6.07, 6.45) is 5.05. The minimum absolute atomic E-state index is 0.520. The van der Waals surface area contributed by atoms with Gasteiger partial charge in [0.2, 0.25) is 0 Å². The van der Waals surface area contributed by atoms with Gasteiger partial charge in [0.15, 0.2) is 0 Å². The zero-order valence-corrected chi connectivity index (χ0v) is 9.47. The van der Waals surface area contributed by atoms with Gasteiger partial charge in [0, 0.05) is 12.6 Å². The fourth-order valence-corrected chi connectivity index (χ4v) is 1.64. The van der Waals surface area contributed by atoms with E-state index >= 15 is 0 Å². The van der Waals surface area contributed by atoms with Crippen LogP contribution in [-0.2, 0) is 0 Å². The normalized spacial score (nSPS) is 15.7. The van der Waals surface area contributed by atoms with Crippen LogP contribution < -0.4 is 11.1 Å². The highest BCUT2D eigenvalue weighted by atomic mass is 14.9. The molecule has 0 heterocycles. The molecule has 13 heavy (non-hydrogen) atoms. The molecular formula is C11H26N2. The minimum atomic E-state index is 0.520. The van der Waals surface area contributed by atoms with Crippen LogP contribution in [-0.4, -0.2) is 19.1 Å². The third-order valence-electron chi connectivity index (χ3n) is 2.62. The fourth-order valence-electron chi connectivity index (χ4n) is 1.64. The molecule has 0 spiro atoms. The maximum absolute atomic E-state index is 5.72. The molecular weight excluding hydrogens is 160 g/mol. The molecule has 0 aromatic rings. The third-order valence-corrected chi connectivity index (χ3v) is 2.62. The van der Waals surface area contributed by atoms with Gasteiger partial charge in [-0.2, -0.15) is 0 Å². The summed E-state index contributed by atoms with van der Waals surface area (Å²) in [4.78, 5) is 0. The van der Waals surface area contributed by atoms with E-state index in [0.29, 0.717) is 12.0 Å². The number of rotatable bonds is 8. The number of hydrogen-bond acceptors (Lipinski definition) is 2. The summed E-state index contributed by atoms with van der Waals surface area (Å²) in [6, 6.07) is 0.520. The van der Waals surface area contributed by atoms with E-state index in [-0.39, 0.29) is 0 Å². The number of nitrogens with two attached hydrogens (primary N) is 1. The Hall–Kier alpha value is -0.0800. The highest BCUT2D eigenvalue weighted by Crippen LogP contribution is 2.09. The molecule has 0 aliphatic carbocycles. The zero-order chi connectivity index (χ0) is 10.1. The quantitative estimate of drug-likeness (QED) is 0.570. The highest BCUT2D eigenvalue weighted by Gasteiger charge is 2.13. The van der Waals surface area contributed by atoms with Crippen LogP contribution in [0, 0.1) is 5.92 Å². The lowest BCUT2D eigenvalue weighted by Crippen LogP contribution is -2.41. The van der Waals surface area contributed by atoms with Crippen molar-refractivity contribution in [1.82, 2.24) is 5.32 Å². The third kappa shape index (κ3) is 6.05. The molecule has 0 radical (unpaired) electrons. The summed E-state index contributed by atoms with van der Waals surface area (Å²) in [5.74, 6) is 0.715. The van der Waals surface area contributed by atoms with Gasteiger partial charge in [-0.05, 0) is 25.3 Å². The van der Waals surface area contributed by atoms with Crippen molar-refractivity contribution in [2.75, 3.05) is 13.1 Å². The van der Waals surface area contributed by atoms with Gasteiger partial charge >= 0.3 is 0 Å². The first-order valence-electron chi connectivity index (χ1n) is 5.69. The summed E-state index contributed by atoms with van der Waals surface area (Å²) >= 11 is 0. The molecule has 0 fully saturated rings. The van der Waals surface area contributed by atoms with E-state index in [1.165, 1.54) is 25.7 Å².